The van der Waals surface area contributed by atoms with Crippen molar-refractivity contribution in [3.8, 4) is 0 Å². The smallest absolute Gasteiger partial charge is 0.292 e. The summed E-state index contributed by atoms with van der Waals surface area (Å²) in [6, 6.07) is 4.91. The summed E-state index contributed by atoms with van der Waals surface area (Å²) in [6.45, 7) is 6.25. The molecule has 2 aromatic rings. The van der Waals surface area contributed by atoms with Gasteiger partial charge in [0.25, 0.3) is 5.69 Å². The standard InChI is InChI=1S/C16H21N7O2/c1-16(2,3)14-9-12(22-15(17-14)18-19-20-22)10-6-7-11(21(4)5)13(8-10)23(24)25/h6-9,12H,1-5H3,(H,17,18,20)/t12-/m0/s1. The number of nitrogens with zero attached hydrogens (tertiary/aromatic N) is 6. The van der Waals surface area contributed by atoms with Gasteiger partial charge in [0, 0.05) is 31.3 Å². The van der Waals surface area contributed by atoms with Gasteiger partial charge in [0.2, 0.25) is 5.95 Å². The van der Waals surface area contributed by atoms with Crippen LogP contribution < -0.4 is 10.2 Å². The molecule has 0 fully saturated rings. The van der Waals surface area contributed by atoms with Gasteiger partial charge in [-0.3, -0.25) is 10.1 Å². The Balaban J connectivity index is 2.13. The molecule has 1 aromatic carbocycles. The summed E-state index contributed by atoms with van der Waals surface area (Å²) in [4.78, 5) is 12.8. The topological polar surface area (TPSA) is 102 Å². The van der Waals surface area contributed by atoms with Gasteiger partial charge in [0.1, 0.15) is 11.7 Å². The molecule has 3 rings (SSSR count). The second kappa shape index (κ2) is 5.83. The number of nitro groups is 1. The molecule has 1 atom stereocenters. The van der Waals surface area contributed by atoms with Crippen molar-refractivity contribution in [2.24, 2.45) is 5.41 Å². The first-order chi connectivity index (χ1) is 11.7. The number of benzene rings is 1. The summed E-state index contributed by atoms with van der Waals surface area (Å²) in [5, 5.41) is 26.5. The number of allylic oxidation sites excluding steroid dienone is 2. The number of hydrogen-bond donors (Lipinski definition) is 1. The Bertz CT molecular complexity index is 848. The molecule has 0 bridgehead atoms. The van der Waals surface area contributed by atoms with E-state index < -0.39 is 0 Å². The lowest BCUT2D eigenvalue weighted by molar-refractivity contribution is -0.384. The minimum Gasteiger partial charge on any atom is -0.372 e. The monoisotopic (exact) mass is 343 g/mol. The van der Waals surface area contributed by atoms with Crippen molar-refractivity contribution in [1.29, 1.82) is 0 Å². The molecule has 0 radical (unpaired) electrons. The first-order valence-corrected chi connectivity index (χ1v) is 7.91. The molecule has 0 aliphatic carbocycles. The predicted octanol–water partition coefficient (Wildman–Crippen LogP) is 2.59. The van der Waals surface area contributed by atoms with Gasteiger partial charge in [-0.2, -0.15) is 4.68 Å². The van der Waals surface area contributed by atoms with Crippen molar-refractivity contribution >= 4 is 17.3 Å². The van der Waals surface area contributed by atoms with Crippen molar-refractivity contribution in [1.82, 2.24) is 20.2 Å². The molecule has 1 aromatic heterocycles. The second-order valence-corrected chi connectivity index (χ2v) is 7.25. The van der Waals surface area contributed by atoms with Crippen LogP contribution in [0.3, 0.4) is 0 Å². The highest BCUT2D eigenvalue weighted by atomic mass is 16.6. The van der Waals surface area contributed by atoms with Gasteiger partial charge in [-0.25, -0.2) is 0 Å². The van der Waals surface area contributed by atoms with Crippen LogP contribution >= 0.6 is 0 Å². The molecule has 9 nitrogen and oxygen atoms in total. The van der Waals surface area contributed by atoms with Gasteiger partial charge in [-0.15, -0.1) is 0 Å². The Labute approximate surface area is 145 Å². The Hall–Kier alpha value is -2.97. The van der Waals surface area contributed by atoms with E-state index in [9.17, 15) is 10.1 Å². The predicted molar refractivity (Wildman–Crippen MR) is 94.5 cm³/mol. The Morgan fingerprint density at radius 2 is 2.04 bits per heavy atom. The highest BCUT2D eigenvalue weighted by Crippen LogP contribution is 2.37. The van der Waals surface area contributed by atoms with Crippen LogP contribution in [0, 0.1) is 15.5 Å². The molecule has 0 spiro atoms. The molecular weight excluding hydrogens is 322 g/mol. The van der Waals surface area contributed by atoms with Gasteiger partial charge in [0.05, 0.1) is 4.92 Å². The largest absolute Gasteiger partial charge is 0.372 e. The minimum atomic E-state index is -0.366. The normalized spacial score (nSPS) is 16.7. The van der Waals surface area contributed by atoms with Crippen LogP contribution in [0.15, 0.2) is 30.0 Å². The second-order valence-electron chi connectivity index (χ2n) is 7.25. The zero-order valence-electron chi connectivity index (χ0n) is 14.9. The van der Waals surface area contributed by atoms with E-state index in [2.05, 4.69) is 41.6 Å². The Kier molecular flexibility index (Phi) is 3.94. The maximum Gasteiger partial charge on any atom is 0.292 e. The molecule has 1 aliphatic rings. The maximum absolute atomic E-state index is 11.5. The third-order valence-corrected chi connectivity index (χ3v) is 4.15. The van der Waals surface area contributed by atoms with Gasteiger partial charge < -0.3 is 10.2 Å². The lowest BCUT2D eigenvalue weighted by atomic mass is 9.88. The molecule has 132 valence electrons. The van der Waals surface area contributed by atoms with E-state index >= 15 is 0 Å². The molecule has 2 heterocycles. The van der Waals surface area contributed by atoms with E-state index in [1.807, 2.05) is 12.1 Å². The number of nitro benzene ring substituents is 1. The molecule has 0 amide bonds. The first kappa shape index (κ1) is 16.9. The summed E-state index contributed by atoms with van der Waals surface area (Å²) in [5.74, 6) is 0.525. The summed E-state index contributed by atoms with van der Waals surface area (Å²) < 4.78 is 1.63. The first-order valence-electron chi connectivity index (χ1n) is 7.91. The fourth-order valence-corrected chi connectivity index (χ4v) is 2.78. The Morgan fingerprint density at radius 1 is 1.32 bits per heavy atom. The lowest BCUT2D eigenvalue weighted by Crippen LogP contribution is -2.27. The fraction of sp³-hybridized carbons (Fsp3) is 0.438. The third-order valence-electron chi connectivity index (χ3n) is 4.15. The highest BCUT2D eigenvalue weighted by Gasteiger charge is 2.30. The highest BCUT2D eigenvalue weighted by molar-refractivity contribution is 5.64. The third kappa shape index (κ3) is 3.04. The molecule has 1 N–H and O–H groups in total. The minimum absolute atomic E-state index is 0.0568. The van der Waals surface area contributed by atoms with Crippen molar-refractivity contribution in [3.05, 3.63) is 45.6 Å². The summed E-state index contributed by atoms with van der Waals surface area (Å²) >= 11 is 0. The van der Waals surface area contributed by atoms with E-state index in [0.717, 1.165) is 11.3 Å². The average molecular weight is 343 g/mol. The van der Waals surface area contributed by atoms with Crippen LogP contribution in [0.5, 0.6) is 0 Å². The van der Waals surface area contributed by atoms with Gasteiger partial charge in [-0.1, -0.05) is 31.9 Å². The average Bonchev–Trinajstić information content (AvgIpc) is 3.00. The van der Waals surface area contributed by atoms with Crippen LogP contribution in [0.2, 0.25) is 0 Å². The van der Waals surface area contributed by atoms with E-state index in [1.165, 1.54) is 0 Å². The number of hydrogen-bond acceptors (Lipinski definition) is 7. The molecular formula is C16H21N7O2. The molecule has 1 aliphatic heterocycles. The summed E-state index contributed by atoms with van der Waals surface area (Å²) in [6.07, 6.45) is 2.01. The zero-order valence-corrected chi connectivity index (χ0v) is 14.9. The van der Waals surface area contributed by atoms with Crippen molar-refractivity contribution in [2.75, 3.05) is 24.3 Å². The van der Waals surface area contributed by atoms with Crippen LogP contribution in [-0.4, -0.2) is 39.2 Å². The SMILES string of the molecule is CN(C)c1ccc([C@@H]2C=C(C(C)(C)C)Nc3nnnn32)cc1[N+](=O)[O-]. The number of aromatic nitrogens is 4. The molecule has 9 heteroatoms. The van der Waals surface area contributed by atoms with E-state index in [0.29, 0.717) is 11.6 Å². The van der Waals surface area contributed by atoms with E-state index in [1.54, 1.807) is 35.8 Å². The number of anilines is 2. The van der Waals surface area contributed by atoms with Crippen LogP contribution in [0.25, 0.3) is 0 Å². The zero-order chi connectivity index (χ0) is 18.4. The van der Waals surface area contributed by atoms with Gasteiger partial charge in [0.15, 0.2) is 0 Å². The van der Waals surface area contributed by atoms with E-state index in [4.69, 9.17) is 0 Å². The lowest BCUT2D eigenvalue weighted by Gasteiger charge is -2.30. The molecule has 0 saturated heterocycles. The maximum atomic E-state index is 11.5. The van der Waals surface area contributed by atoms with Crippen LogP contribution in [0.1, 0.15) is 32.4 Å². The van der Waals surface area contributed by atoms with E-state index in [-0.39, 0.29) is 22.1 Å². The van der Waals surface area contributed by atoms with Crippen molar-refractivity contribution in [2.45, 2.75) is 26.8 Å². The van der Waals surface area contributed by atoms with Crippen LogP contribution in [-0.2, 0) is 0 Å². The number of nitrogens with one attached hydrogen (secondary N) is 1. The van der Waals surface area contributed by atoms with Crippen molar-refractivity contribution < 1.29 is 4.92 Å². The molecule has 0 saturated carbocycles. The van der Waals surface area contributed by atoms with Gasteiger partial charge in [-0.05, 0) is 28.1 Å². The number of fused-ring (bicyclic) bond motifs is 1. The molecule has 25 heavy (non-hydrogen) atoms. The number of tetrazole rings is 1. The molecule has 0 unspecified atom stereocenters. The Morgan fingerprint density at radius 3 is 2.64 bits per heavy atom. The summed E-state index contributed by atoms with van der Waals surface area (Å²) in [5.41, 5.74) is 2.21. The quantitative estimate of drug-likeness (QED) is 0.675. The number of rotatable bonds is 3. The van der Waals surface area contributed by atoms with Crippen LogP contribution in [0.4, 0.5) is 17.3 Å². The van der Waals surface area contributed by atoms with Crippen molar-refractivity contribution in [3.63, 3.8) is 0 Å². The summed E-state index contributed by atoms with van der Waals surface area (Å²) in [7, 11) is 3.56. The fourth-order valence-electron chi connectivity index (χ4n) is 2.78. The van der Waals surface area contributed by atoms with Gasteiger partial charge >= 0.3 is 0 Å².